The van der Waals surface area contributed by atoms with Crippen molar-refractivity contribution in [2.24, 2.45) is 0 Å². The maximum Gasteiger partial charge on any atom is 0.1000 e. The van der Waals surface area contributed by atoms with Crippen molar-refractivity contribution in [2.75, 3.05) is 0 Å². The van der Waals surface area contributed by atoms with Crippen LogP contribution in [0.3, 0.4) is 0 Å². The first-order valence-corrected chi connectivity index (χ1v) is 27.4. The van der Waals surface area contributed by atoms with Crippen LogP contribution >= 0.6 is 90.7 Å². The van der Waals surface area contributed by atoms with Crippen LogP contribution in [0.2, 0.25) is 0 Å². The number of rotatable bonds is 8. The zero-order valence-electron chi connectivity index (χ0n) is 33.4. The number of hydrogen-bond donors (Lipinski definition) is 1. The third-order valence-electron chi connectivity index (χ3n) is 11.3. The van der Waals surface area contributed by atoms with E-state index in [-0.39, 0.29) is 0 Å². The molecule has 2 aliphatic rings. The number of thiophene rings is 8. The number of H-pyrrole nitrogens is 1. The van der Waals surface area contributed by atoms with Crippen molar-refractivity contribution >= 4 is 136 Å². The molecule has 64 heavy (non-hydrogen) atoms. The van der Waals surface area contributed by atoms with E-state index in [4.69, 9.17) is 9.97 Å². The average Bonchev–Trinajstić information content (AvgIpc) is 4.14. The molecule has 306 valence electrons. The van der Waals surface area contributed by atoms with E-state index in [2.05, 4.69) is 180 Å². The number of nitrogens with zero attached hydrogens (tertiary/aromatic N) is 3. The molecule has 0 spiro atoms. The fraction of sp³-hybridized carbons (Fsp3) is 0. The van der Waals surface area contributed by atoms with Crippen molar-refractivity contribution < 1.29 is 0 Å². The zero-order chi connectivity index (χ0) is 42.1. The second-order valence-corrected chi connectivity index (χ2v) is 22.6. The smallest absolute Gasteiger partial charge is 0.1000 e. The van der Waals surface area contributed by atoms with Crippen molar-refractivity contribution in [3.8, 4) is 57.2 Å². The van der Waals surface area contributed by atoms with Gasteiger partial charge in [0.25, 0.3) is 0 Å². The lowest BCUT2D eigenvalue weighted by Crippen LogP contribution is -1.96. The SMILES string of the molecule is C1=Cc2cc3c(-c4cccs4)c(-c4cccs4)c(c(-c4cccs4)c4nc(c(-c5cccs5)c5[nH]c(cc1n2)cc5-c1cccs1)C(c1cccs1)=C4c1cccs1)n3-c1cccs1. The molecule has 0 unspecified atom stereocenters. The van der Waals surface area contributed by atoms with Crippen LogP contribution in [0, 0.1) is 0 Å². The molecule has 11 aromatic rings. The largest absolute Gasteiger partial charge is 0.354 e. The van der Waals surface area contributed by atoms with E-state index in [9.17, 15) is 0 Å². The Morgan fingerprint density at radius 1 is 0.406 bits per heavy atom. The summed E-state index contributed by atoms with van der Waals surface area (Å²) in [6.07, 6.45) is 4.29. The summed E-state index contributed by atoms with van der Waals surface area (Å²) in [6, 6.07) is 42.2. The second kappa shape index (κ2) is 16.0. The van der Waals surface area contributed by atoms with Crippen molar-refractivity contribution in [3.63, 3.8) is 0 Å². The molecule has 0 aromatic carbocycles. The lowest BCUT2D eigenvalue weighted by Gasteiger charge is -2.13. The predicted octanol–water partition coefficient (Wildman–Crippen LogP) is 17.8. The van der Waals surface area contributed by atoms with Gasteiger partial charge < -0.3 is 4.98 Å². The summed E-state index contributed by atoms with van der Waals surface area (Å²) in [7, 11) is 0. The molecule has 0 saturated carbocycles. The summed E-state index contributed by atoms with van der Waals surface area (Å²) < 4.78 is 2.51. The Morgan fingerprint density at radius 2 is 0.875 bits per heavy atom. The van der Waals surface area contributed by atoms with Gasteiger partial charge in [-0.1, -0.05) is 42.5 Å². The highest BCUT2D eigenvalue weighted by Gasteiger charge is 2.34. The van der Waals surface area contributed by atoms with E-state index < -0.39 is 0 Å². The zero-order valence-corrected chi connectivity index (χ0v) is 39.9. The summed E-state index contributed by atoms with van der Waals surface area (Å²) in [6.45, 7) is 0. The summed E-state index contributed by atoms with van der Waals surface area (Å²) >= 11 is 14.2. The van der Waals surface area contributed by atoms with E-state index >= 15 is 0 Å². The van der Waals surface area contributed by atoms with E-state index in [0.29, 0.717) is 0 Å². The highest BCUT2D eigenvalue weighted by atomic mass is 32.1. The highest BCUT2D eigenvalue weighted by Crippen LogP contribution is 2.54. The van der Waals surface area contributed by atoms with Gasteiger partial charge >= 0.3 is 0 Å². The maximum atomic E-state index is 6.16. The highest BCUT2D eigenvalue weighted by molar-refractivity contribution is 7.16. The van der Waals surface area contributed by atoms with Gasteiger partial charge in [-0.2, -0.15) is 0 Å². The van der Waals surface area contributed by atoms with Gasteiger partial charge in [0, 0.05) is 78.6 Å². The van der Waals surface area contributed by atoms with Gasteiger partial charge in [-0.3, -0.25) is 4.57 Å². The van der Waals surface area contributed by atoms with Crippen LogP contribution in [0.5, 0.6) is 0 Å². The van der Waals surface area contributed by atoms with Gasteiger partial charge in [0.1, 0.15) is 0 Å². The number of nitrogens with one attached hydrogen (secondary N) is 1. The van der Waals surface area contributed by atoms with Crippen molar-refractivity contribution in [1.29, 1.82) is 0 Å². The van der Waals surface area contributed by atoms with Crippen molar-refractivity contribution in [3.05, 3.63) is 191 Å². The molecule has 2 aliphatic heterocycles. The molecule has 8 bridgehead atoms. The Bertz CT molecular complexity index is 3670. The summed E-state index contributed by atoms with van der Waals surface area (Å²) in [4.78, 5) is 23.7. The average molecular weight is 967 g/mol. The van der Waals surface area contributed by atoms with E-state index in [0.717, 1.165) is 87.4 Å². The molecular formula is C52H30N4S8. The van der Waals surface area contributed by atoms with Crippen LogP contribution in [0.1, 0.15) is 32.5 Å². The van der Waals surface area contributed by atoms with Crippen LogP contribution in [0.4, 0.5) is 0 Å². The Labute approximate surface area is 400 Å². The minimum atomic E-state index is 0.894. The molecule has 11 aromatic heterocycles. The lowest BCUT2D eigenvalue weighted by molar-refractivity contribution is 1.21. The van der Waals surface area contributed by atoms with Gasteiger partial charge in [0.2, 0.25) is 0 Å². The fourth-order valence-electron chi connectivity index (χ4n) is 8.84. The Hall–Kier alpha value is -5.80. The molecule has 0 atom stereocenters. The van der Waals surface area contributed by atoms with E-state index in [1.54, 1.807) is 90.7 Å². The standard InChI is InChI=1S/C52H30N4S8/c1-9-35(57-19-1)33-28-32-27-30-17-18-31(53-30)29-34-43(36-10-2-20-58-36)46(39-13-5-23-61-39)52(56(34)42-16-8-26-64-42)48(41-15-7-25-63-41)51-45(38-12-4-22-60-38)44(37-11-3-21-59-37)50(55-51)47(49(33)54-32)40-14-6-24-62-40/h1-29,54H. The number of fused-ring (bicyclic) bond motifs is 8. The van der Waals surface area contributed by atoms with Crippen molar-refractivity contribution in [2.45, 2.75) is 0 Å². The van der Waals surface area contributed by atoms with Crippen LogP contribution in [0.25, 0.3) is 103 Å². The number of aromatic amines is 1. The molecule has 0 amide bonds. The van der Waals surface area contributed by atoms with Gasteiger partial charge in [-0.05, 0) is 128 Å². The molecule has 4 nitrogen and oxygen atoms in total. The molecule has 0 fully saturated rings. The molecule has 0 aliphatic carbocycles. The summed E-state index contributed by atoms with van der Waals surface area (Å²) in [5.74, 6) is 0. The summed E-state index contributed by atoms with van der Waals surface area (Å²) in [5.41, 5.74) is 16.0. The van der Waals surface area contributed by atoms with Gasteiger partial charge in [-0.15, -0.1) is 90.7 Å². The Balaban J connectivity index is 1.37. The minimum Gasteiger partial charge on any atom is -0.354 e. The van der Waals surface area contributed by atoms with Crippen LogP contribution in [-0.2, 0) is 0 Å². The van der Waals surface area contributed by atoms with E-state index in [1.807, 2.05) is 0 Å². The normalized spacial score (nSPS) is 12.6. The summed E-state index contributed by atoms with van der Waals surface area (Å²) in [5, 5.41) is 18.6. The maximum absolute atomic E-state index is 6.16. The van der Waals surface area contributed by atoms with Crippen LogP contribution in [0.15, 0.2) is 158 Å². The number of hydrogen-bond acceptors (Lipinski definition) is 10. The van der Waals surface area contributed by atoms with Crippen LogP contribution < -0.4 is 0 Å². The first kappa shape index (κ1) is 38.6. The minimum absolute atomic E-state index is 0.894. The molecule has 1 N–H and O–H groups in total. The number of aromatic nitrogens is 4. The lowest BCUT2D eigenvalue weighted by atomic mass is 9.95. The molecular weight excluding hydrogens is 937 g/mol. The van der Waals surface area contributed by atoms with Gasteiger partial charge in [0.15, 0.2) is 0 Å². The van der Waals surface area contributed by atoms with Gasteiger partial charge in [0.05, 0.1) is 44.3 Å². The second-order valence-electron chi connectivity index (χ2n) is 15.0. The molecule has 0 radical (unpaired) electrons. The fourth-order valence-corrected chi connectivity index (χ4v) is 15.0. The third-order valence-corrected chi connectivity index (χ3v) is 18.4. The first-order valence-electron chi connectivity index (χ1n) is 20.4. The molecule has 13 rings (SSSR count). The molecule has 13 heterocycles. The van der Waals surface area contributed by atoms with Crippen LogP contribution in [-0.4, -0.2) is 19.5 Å². The molecule has 12 heteroatoms. The first-order chi connectivity index (χ1) is 31.7. The molecule has 0 saturated heterocycles. The van der Waals surface area contributed by atoms with Gasteiger partial charge in [-0.25, -0.2) is 9.97 Å². The monoisotopic (exact) mass is 966 g/mol. The van der Waals surface area contributed by atoms with Crippen molar-refractivity contribution in [1.82, 2.24) is 19.5 Å². The predicted molar refractivity (Wildman–Crippen MR) is 283 cm³/mol. The topological polar surface area (TPSA) is 46.5 Å². The Kier molecular flexibility index (Phi) is 9.67. The quantitative estimate of drug-likeness (QED) is 0.165. The Morgan fingerprint density at radius 3 is 1.42 bits per heavy atom. The van der Waals surface area contributed by atoms with E-state index in [1.165, 1.54) is 35.5 Å². The third kappa shape index (κ3) is 6.43.